The van der Waals surface area contributed by atoms with Crippen LogP contribution in [0.4, 0.5) is 23.1 Å². The Morgan fingerprint density at radius 2 is 1.77 bits per heavy atom. The molecule has 0 atom stereocenters. The first-order valence-corrected chi connectivity index (χ1v) is 9.65. The van der Waals surface area contributed by atoms with Gasteiger partial charge in [0.05, 0.1) is 41.5 Å². The monoisotopic (exact) mass is 444 g/mol. The van der Waals surface area contributed by atoms with Crippen molar-refractivity contribution in [1.29, 1.82) is 0 Å². The molecule has 4 rings (SSSR count). The zero-order valence-corrected chi connectivity index (χ0v) is 17.9. The van der Waals surface area contributed by atoms with E-state index in [-0.39, 0.29) is 0 Å². The molecule has 0 aliphatic carbocycles. The molecule has 8 nitrogen and oxygen atoms in total. The molecule has 0 saturated heterocycles. The number of anilines is 4. The summed E-state index contributed by atoms with van der Waals surface area (Å²) in [5.41, 5.74) is 2.09. The Morgan fingerprint density at radius 3 is 2.50 bits per heavy atom. The van der Waals surface area contributed by atoms with Gasteiger partial charge in [-0.05, 0) is 30.3 Å². The van der Waals surface area contributed by atoms with Crippen LogP contribution < -0.4 is 20.1 Å². The van der Waals surface area contributed by atoms with Gasteiger partial charge in [0.2, 0.25) is 5.95 Å². The van der Waals surface area contributed by atoms with Gasteiger partial charge in [-0.1, -0.05) is 23.2 Å². The molecule has 0 fully saturated rings. The van der Waals surface area contributed by atoms with Crippen molar-refractivity contribution in [3.05, 3.63) is 52.6 Å². The second kappa shape index (κ2) is 8.25. The maximum atomic E-state index is 6.14. The molecule has 0 spiro atoms. The third-order valence-corrected chi connectivity index (χ3v) is 5.17. The smallest absolute Gasteiger partial charge is 0.231 e. The minimum atomic E-state index is 0.372. The molecule has 4 aromatic rings. The van der Waals surface area contributed by atoms with Crippen molar-refractivity contribution in [2.45, 2.75) is 0 Å². The van der Waals surface area contributed by atoms with Gasteiger partial charge in [0.15, 0.2) is 5.65 Å². The van der Waals surface area contributed by atoms with Gasteiger partial charge in [0, 0.05) is 18.8 Å². The summed E-state index contributed by atoms with van der Waals surface area (Å²) < 4.78 is 12.4. The van der Waals surface area contributed by atoms with E-state index in [4.69, 9.17) is 32.7 Å². The van der Waals surface area contributed by atoms with E-state index in [9.17, 15) is 0 Å². The van der Waals surface area contributed by atoms with Crippen LogP contribution in [0.5, 0.6) is 11.5 Å². The van der Waals surface area contributed by atoms with Crippen LogP contribution in [0.1, 0.15) is 0 Å². The number of hydrogen-bond donors (Lipinski definition) is 2. The number of rotatable bonds is 6. The summed E-state index contributed by atoms with van der Waals surface area (Å²) in [5, 5.41) is 12.4. The second-order valence-electron chi connectivity index (χ2n) is 6.35. The normalized spacial score (nSPS) is 10.8. The molecular formula is C20H18Cl2N6O2. The van der Waals surface area contributed by atoms with Crippen molar-refractivity contribution in [2.24, 2.45) is 7.05 Å². The second-order valence-corrected chi connectivity index (χ2v) is 7.16. The number of methoxy groups -OCH3 is 2. The molecule has 2 aromatic carbocycles. The van der Waals surface area contributed by atoms with Crippen molar-refractivity contribution in [2.75, 3.05) is 24.9 Å². The first kappa shape index (κ1) is 20.1. The lowest BCUT2D eigenvalue weighted by Crippen LogP contribution is -2.04. The molecule has 0 saturated carbocycles. The maximum absolute atomic E-state index is 6.14. The molecule has 0 bridgehead atoms. The highest BCUT2D eigenvalue weighted by Crippen LogP contribution is 2.33. The zero-order chi connectivity index (χ0) is 21.3. The fraction of sp³-hybridized carbons (Fsp3) is 0.150. The fourth-order valence-electron chi connectivity index (χ4n) is 2.91. The standard InChI is InChI=1S/C20H18Cl2N6O2/c1-28-19-13(10-23-28)18(24-11-4-6-14(21)15(22)8-11)26-20(27-19)25-16-7-5-12(29-2)9-17(16)30-3/h4-10H,1-3H3,(H2,24,25,26,27). The van der Waals surface area contributed by atoms with Crippen LogP contribution in [0.15, 0.2) is 42.6 Å². The number of aromatic nitrogens is 4. The molecule has 0 radical (unpaired) electrons. The summed E-state index contributed by atoms with van der Waals surface area (Å²) in [6.45, 7) is 0. The highest BCUT2D eigenvalue weighted by atomic mass is 35.5. The maximum Gasteiger partial charge on any atom is 0.231 e. The number of hydrogen-bond acceptors (Lipinski definition) is 7. The Kier molecular flexibility index (Phi) is 5.52. The Morgan fingerprint density at radius 1 is 0.933 bits per heavy atom. The van der Waals surface area contributed by atoms with Crippen LogP contribution in [0.25, 0.3) is 11.0 Å². The minimum Gasteiger partial charge on any atom is -0.497 e. The van der Waals surface area contributed by atoms with Gasteiger partial charge in [-0.3, -0.25) is 4.68 Å². The summed E-state index contributed by atoms with van der Waals surface area (Å²) in [4.78, 5) is 9.21. The average molecular weight is 445 g/mol. The SMILES string of the molecule is COc1ccc(Nc2nc(Nc3ccc(Cl)c(Cl)c3)c3cnn(C)c3n2)c(OC)c1. The van der Waals surface area contributed by atoms with Gasteiger partial charge in [0.1, 0.15) is 17.3 Å². The number of fused-ring (bicyclic) bond motifs is 1. The van der Waals surface area contributed by atoms with Crippen LogP contribution in [0.2, 0.25) is 10.0 Å². The zero-order valence-electron chi connectivity index (χ0n) is 16.4. The van der Waals surface area contributed by atoms with Gasteiger partial charge in [0.25, 0.3) is 0 Å². The van der Waals surface area contributed by atoms with E-state index < -0.39 is 0 Å². The first-order valence-electron chi connectivity index (χ1n) is 8.89. The largest absolute Gasteiger partial charge is 0.497 e. The van der Waals surface area contributed by atoms with Crippen LogP contribution in [-0.2, 0) is 7.05 Å². The molecule has 0 unspecified atom stereocenters. The van der Waals surface area contributed by atoms with E-state index >= 15 is 0 Å². The van der Waals surface area contributed by atoms with Crippen molar-refractivity contribution in [3.63, 3.8) is 0 Å². The Bertz CT molecular complexity index is 1230. The summed E-state index contributed by atoms with van der Waals surface area (Å²) >= 11 is 12.2. The van der Waals surface area contributed by atoms with Gasteiger partial charge in [-0.15, -0.1) is 0 Å². The number of benzene rings is 2. The van der Waals surface area contributed by atoms with E-state index in [1.807, 2.05) is 25.2 Å². The molecule has 0 amide bonds. The number of nitrogens with zero attached hydrogens (tertiary/aromatic N) is 4. The fourth-order valence-corrected chi connectivity index (χ4v) is 3.20. The Balaban J connectivity index is 1.74. The summed E-state index contributed by atoms with van der Waals surface area (Å²) in [6.07, 6.45) is 1.70. The van der Waals surface area contributed by atoms with Crippen LogP contribution in [0, 0.1) is 0 Å². The topological polar surface area (TPSA) is 86.1 Å². The van der Waals surface area contributed by atoms with Crippen LogP contribution in [0.3, 0.4) is 0 Å². The first-order chi connectivity index (χ1) is 14.5. The average Bonchev–Trinajstić information content (AvgIpc) is 3.12. The van der Waals surface area contributed by atoms with Gasteiger partial charge < -0.3 is 20.1 Å². The number of nitrogens with one attached hydrogen (secondary N) is 2. The van der Waals surface area contributed by atoms with Crippen molar-refractivity contribution in [3.8, 4) is 11.5 Å². The van der Waals surface area contributed by atoms with Gasteiger partial charge in [-0.25, -0.2) is 0 Å². The summed E-state index contributed by atoms with van der Waals surface area (Å²) in [7, 11) is 5.00. The molecular weight excluding hydrogens is 427 g/mol. The molecule has 30 heavy (non-hydrogen) atoms. The third kappa shape index (κ3) is 3.92. The van der Waals surface area contributed by atoms with E-state index in [1.165, 1.54) is 0 Å². The summed E-state index contributed by atoms with van der Waals surface area (Å²) in [6, 6.07) is 10.7. The predicted molar refractivity (Wildman–Crippen MR) is 119 cm³/mol. The van der Waals surface area contributed by atoms with Crippen molar-refractivity contribution < 1.29 is 9.47 Å². The van der Waals surface area contributed by atoms with E-state index in [1.54, 1.807) is 43.3 Å². The van der Waals surface area contributed by atoms with Gasteiger partial charge >= 0.3 is 0 Å². The van der Waals surface area contributed by atoms with E-state index in [0.29, 0.717) is 44.6 Å². The number of aryl methyl sites for hydroxylation is 1. The highest BCUT2D eigenvalue weighted by Gasteiger charge is 2.14. The van der Waals surface area contributed by atoms with Crippen LogP contribution >= 0.6 is 23.2 Å². The van der Waals surface area contributed by atoms with E-state index in [0.717, 1.165) is 11.1 Å². The molecule has 2 N–H and O–H groups in total. The Hall–Kier alpha value is -3.23. The third-order valence-electron chi connectivity index (χ3n) is 4.43. The lowest BCUT2D eigenvalue weighted by Gasteiger charge is -2.13. The molecule has 0 aliphatic rings. The van der Waals surface area contributed by atoms with Gasteiger partial charge in [-0.2, -0.15) is 15.1 Å². The Labute approximate surface area is 182 Å². The molecule has 10 heteroatoms. The number of ether oxygens (including phenoxy) is 2. The molecule has 2 aromatic heterocycles. The summed E-state index contributed by atoms with van der Waals surface area (Å²) in [5.74, 6) is 2.23. The quantitative estimate of drug-likeness (QED) is 0.423. The molecule has 0 aliphatic heterocycles. The lowest BCUT2D eigenvalue weighted by atomic mass is 10.2. The minimum absolute atomic E-state index is 0.372. The van der Waals surface area contributed by atoms with Crippen molar-refractivity contribution >= 4 is 57.4 Å². The van der Waals surface area contributed by atoms with E-state index in [2.05, 4.69) is 25.7 Å². The molecule has 154 valence electrons. The highest BCUT2D eigenvalue weighted by molar-refractivity contribution is 6.42. The van der Waals surface area contributed by atoms with Crippen molar-refractivity contribution in [1.82, 2.24) is 19.7 Å². The number of halogens is 2. The molecule has 2 heterocycles. The lowest BCUT2D eigenvalue weighted by molar-refractivity contribution is 0.395. The van der Waals surface area contributed by atoms with Crippen LogP contribution in [-0.4, -0.2) is 34.0 Å². The predicted octanol–water partition coefficient (Wildman–Crippen LogP) is 5.17.